The normalized spacial score (nSPS) is 12.2. The number of nitrogens with two attached hydrogens (primary N) is 1. The lowest BCUT2D eigenvalue weighted by Gasteiger charge is -2.09. The number of hydrogen-bond acceptors (Lipinski definition) is 3. The third-order valence-electron chi connectivity index (χ3n) is 2.06. The van der Waals surface area contributed by atoms with E-state index in [-0.39, 0.29) is 0 Å². The quantitative estimate of drug-likeness (QED) is 0.710. The maximum Gasteiger partial charge on any atom is 0.167 e. The van der Waals surface area contributed by atoms with Gasteiger partial charge in [-0.05, 0) is 32.0 Å². The molecule has 0 saturated heterocycles. The van der Waals surface area contributed by atoms with E-state index in [2.05, 4.69) is 5.16 Å². The number of halogens is 1. The molecule has 0 unspecified atom stereocenters. The van der Waals surface area contributed by atoms with Crippen molar-refractivity contribution >= 4 is 16.7 Å². The molecule has 1 heterocycles. The average molecular weight is 194 g/mol. The molecule has 0 radical (unpaired) electrons. The lowest BCUT2D eigenvalue weighted by molar-refractivity contribution is 0.207. The standard InChI is InChI=1S/C10H11FN2O/c1-10(2,11)9-7-5-6(12)3-4-8(7)14-13-9/h3-5H,12H2,1-2H3. The molecule has 0 spiro atoms. The Kier molecular flexibility index (Phi) is 1.74. The van der Waals surface area contributed by atoms with Gasteiger partial charge in [-0.1, -0.05) is 5.16 Å². The summed E-state index contributed by atoms with van der Waals surface area (Å²) in [4.78, 5) is 0. The minimum atomic E-state index is -1.51. The molecule has 0 aliphatic carbocycles. The van der Waals surface area contributed by atoms with Crippen LogP contribution < -0.4 is 5.73 Å². The van der Waals surface area contributed by atoms with E-state index in [0.29, 0.717) is 22.4 Å². The lowest BCUT2D eigenvalue weighted by Crippen LogP contribution is -2.09. The second kappa shape index (κ2) is 2.70. The summed E-state index contributed by atoms with van der Waals surface area (Å²) >= 11 is 0. The van der Waals surface area contributed by atoms with Crippen LogP contribution in [0.4, 0.5) is 10.1 Å². The van der Waals surface area contributed by atoms with Crippen LogP contribution in [-0.4, -0.2) is 5.16 Å². The van der Waals surface area contributed by atoms with Gasteiger partial charge in [-0.15, -0.1) is 0 Å². The molecule has 2 aromatic rings. The Morgan fingerprint density at radius 3 is 2.79 bits per heavy atom. The van der Waals surface area contributed by atoms with E-state index in [1.165, 1.54) is 13.8 Å². The highest BCUT2D eigenvalue weighted by Gasteiger charge is 2.26. The zero-order valence-corrected chi connectivity index (χ0v) is 8.04. The van der Waals surface area contributed by atoms with Gasteiger partial charge in [0.1, 0.15) is 5.69 Å². The summed E-state index contributed by atoms with van der Waals surface area (Å²) in [7, 11) is 0. The molecule has 0 amide bonds. The summed E-state index contributed by atoms with van der Waals surface area (Å²) in [5.41, 5.74) is 5.51. The number of hydrogen-bond donors (Lipinski definition) is 1. The number of fused-ring (bicyclic) bond motifs is 1. The molecule has 0 saturated carbocycles. The summed E-state index contributed by atoms with van der Waals surface area (Å²) in [5, 5.41) is 4.34. The molecule has 2 N–H and O–H groups in total. The smallest absolute Gasteiger partial charge is 0.167 e. The molecular formula is C10H11FN2O. The highest BCUT2D eigenvalue weighted by Crippen LogP contribution is 2.31. The van der Waals surface area contributed by atoms with Crippen LogP contribution in [0.5, 0.6) is 0 Å². The monoisotopic (exact) mass is 194 g/mol. The number of aromatic nitrogens is 1. The van der Waals surface area contributed by atoms with Crippen LogP contribution in [0.1, 0.15) is 19.5 Å². The van der Waals surface area contributed by atoms with E-state index in [9.17, 15) is 4.39 Å². The van der Waals surface area contributed by atoms with Gasteiger partial charge in [0.2, 0.25) is 0 Å². The fraction of sp³-hybridized carbons (Fsp3) is 0.300. The first-order chi connectivity index (χ1) is 6.48. The zero-order chi connectivity index (χ0) is 10.3. The van der Waals surface area contributed by atoms with E-state index in [0.717, 1.165) is 0 Å². The van der Waals surface area contributed by atoms with Gasteiger partial charge >= 0.3 is 0 Å². The van der Waals surface area contributed by atoms with Crippen LogP contribution in [0.25, 0.3) is 11.0 Å². The molecule has 3 nitrogen and oxygen atoms in total. The van der Waals surface area contributed by atoms with Crippen LogP contribution in [0.2, 0.25) is 0 Å². The van der Waals surface area contributed by atoms with E-state index >= 15 is 0 Å². The molecule has 1 aromatic heterocycles. The fourth-order valence-electron chi connectivity index (χ4n) is 1.39. The molecular weight excluding hydrogens is 183 g/mol. The molecule has 74 valence electrons. The summed E-state index contributed by atoms with van der Waals surface area (Å²) in [6.45, 7) is 2.88. The minimum Gasteiger partial charge on any atom is -0.399 e. The van der Waals surface area contributed by atoms with Gasteiger partial charge in [-0.2, -0.15) is 0 Å². The lowest BCUT2D eigenvalue weighted by atomic mass is 10.0. The molecule has 0 atom stereocenters. The van der Waals surface area contributed by atoms with Gasteiger partial charge in [0.05, 0.1) is 5.39 Å². The van der Waals surface area contributed by atoms with E-state index in [1.807, 2.05) is 0 Å². The second-order valence-corrected chi connectivity index (χ2v) is 3.76. The second-order valence-electron chi connectivity index (χ2n) is 3.76. The summed E-state index contributed by atoms with van der Waals surface area (Å²) in [6.07, 6.45) is 0. The molecule has 2 rings (SSSR count). The number of alkyl halides is 1. The van der Waals surface area contributed by atoms with Crippen LogP contribution >= 0.6 is 0 Å². The average Bonchev–Trinajstić information content (AvgIpc) is 2.45. The maximum absolute atomic E-state index is 13.7. The van der Waals surface area contributed by atoms with Gasteiger partial charge in [0, 0.05) is 5.69 Å². The molecule has 0 aliphatic heterocycles. The van der Waals surface area contributed by atoms with Crippen LogP contribution in [-0.2, 0) is 5.67 Å². The van der Waals surface area contributed by atoms with Gasteiger partial charge in [-0.3, -0.25) is 0 Å². The number of nitrogens with zero attached hydrogens (tertiary/aromatic N) is 1. The van der Waals surface area contributed by atoms with Crippen molar-refractivity contribution in [2.45, 2.75) is 19.5 Å². The molecule has 0 bridgehead atoms. The van der Waals surface area contributed by atoms with Crippen molar-refractivity contribution in [3.8, 4) is 0 Å². The van der Waals surface area contributed by atoms with Gasteiger partial charge < -0.3 is 10.3 Å². The van der Waals surface area contributed by atoms with Gasteiger partial charge in [0.25, 0.3) is 0 Å². The molecule has 0 aliphatic rings. The molecule has 1 aromatic carbocycles. The molecule has 14 heavy (non-hydrogen) atoms. The SMILES string of the molecule is CC(C)(F)c1noc2ccc(N)cc12. The maximum atomic E-state index is 13.7. The van der Waals surface area contributed by atoms with Crippen molar-refractivity contribution in [2.75, 3.05) is 5.73 Å². The van der Waals surface area contributed by atoms with Crippen molar-refractivity contribution < 1.29 is 8.91 Å². The van der Waals surface area contributed by atoms with Crippen LogP contribution in [0.3, 0.4) is 0 Å². The van der Waals surface area contributed by atoms with Crippen molar-refractivity contribution in [3.05, 3.63) is 23.9 Å². The first-order valence-electron chi connectivity index (χ1n) is 4.33. The number of benzene rings is 1. The zero-order valence-electron chi connectivity index (χ0n) is 8.04. The number of rotatable bonds is 1. The molecule has 4 heteroatoms. The van der Waals surface area contributed by atoms with Crippen molar-refractivity contribution in [3.63, 3.8) is 0 Å². The topological polar surface area (TPSA) is 52.0 Å². The minimum absolute atomic E-state index is 0.291. The first kappa shape index (κ1) is 8.99. The summed E-state index contributed by atoms with van der Waals surface area (Å²) in [5.74, 6) is 0. The molecule has 0 fully saturated rings. The number of nitrogen functional groups attached to an aromatic ring is 1. The highest BCUT2D eigenvalue weighted by atomic mass is 19.1. The third-order valence-corrected chi connectivity index (χ3v) is 2.06. The van der Waals surface area contributed by atoms with Crippen molar-refractivity contribution in [1.82, 2.24) is 5.16 Å². The highest BCUT2D eigenvalue weighted by molar-refractivity contribution is 5.83. The predicted octanol–water partition coefficient (Wildman–Crippen LogP) is 2.61. The Morgan fingerprint density at radius 2 is 2.14 bits per heavy atom. The number of anilines is 1. The Bertz CT molecular complexity index is 470. The Labute approximate surface area is 80.7 Å². The predicted molar refractivity (Wildman–Crippen MR) is 52.6 cm³/mol. The van der Waals surface area contributed by atoms with E-state index < -0.39 is 5.67 Å². The van der Waals surface area contributed by atoms with E-state index in [4.69, 9.17) is 10.3 Å². The summed E-state index contributed by atoms with van der Waals surface area (Å²) < 4.78 is 18.6. The largest absolute Gasteiger partial charge is 0.399 e. The van der Waals surface area contributed by atoms with Gasteiger partial charge in [0.15, 0.2) is 11.3 Å². The Morgan fingerprint density at radius 1 is 1.43 bits per heavy atom. The van der Waals surface area contributed by atoms with E-state index in [1.54, 1.807) is 18.2 Å². The van der Waals surface area contributed by atoms with Gasteiger partial charge in [-0.25, -0.2) is 4.39 Å². The Hall–Kier alpha value is -1.58. The Balaban J connectivity index is 2.73. The third kappa shape index (κ3) is 1.32. The van der Waals surface area contributed by atoms with Crippen molar-refractivity contribution in [2.24, 2.45) is 0 Å². The first-order valence-corrected chi connectivity index (χ1v) is 4.33. The van der Waals surface area contributed by atoms with Crippen LogP contribution in [0.15, 0.2) is 22.7 Å². The van der Waals surface area contributed by atoms with Crippen molar-refractivity contribution in [1.29, 1.82) is 0 Å². The van der Waals surface area contributed by atoms with Crippen LogP contribution in [0, 0.1) is 0 Å². The fourth-order valence-corrected chi connectivity index (χ4v) is 1.39. The summed E-state index contributed by atoms with van der Waals surface area (Å²) in [6, 6.07) is 5.05.